The molecule has 0 saturated carbocycles. The van der Waals surface area contributed by atoms with Gasteiger partial charge in [-0.2, -0.15) is 0 Å². The first-order valence-electron chi connectivity index (χ1n) is 8.37. The van der Waals surface area contributed by atoms with E-state index >= 15 is 0 Å². The van der Waals surface area contributed by atoms with Crippen molar-refractivity contribution in [3.63, 3.8) is 0 Å². The molecule has 2 amide bonds. The third-order valence-corrected chi connectivity index (χ3v) is 4.28. The van der Waals surface area contributed by atoms with Gasteiger partial charge in [-0.25, -0.2) is 4.98 Å². The molecular weight excluding hydrogens is 316 g/mol. The SMILES string of the molecule is Cc1cccc(N2CCN(C(=O)C(=O)Nc3cc(C)ccn3)CC2)c1. The summed E-state index contributed by atoms with van der Waals surface area (Å²) >= 11 is 0. The predicted molar refractivity (Wildman–Crippen MR) is 97.6 cm³/mol. The van der Waals surface area contributed by atoms with Gasteiger partial charge in [-0.3, -0.25) is 9.59 Å². The molecule has 1 aliphatic heterocycles. The molecule has 0 aliphatic carbocycles. The number of anilines is 2. The van der Waals surface area contributed by atoms with Gasteiger partial charge < -0.3 is 15.1 Å². The van der Waals surface area contributed by atoms with Gasteiger partial charge in [-0.05, 0) is 49.2 Å². The molecule has 1 aliphatic rings. The highest BCUT2D eigenvalue weighted by molar-refractivity contribution is 6.39. The first kappa shape index (κ1) is 17.0. The molecule has 2 heterocycles. The number of hydrogen-bond donors (Lipinski definition) is 1. The maximum atomic E-state index is 12.4. The van der Waals surface area contributed by atoms with E-state index in [9.17, 15) is 9.59 Å². The van der Waals surface area contributed by atoms with E-state index in [0.717, 1.165) is 11.3 Å². The van der Waals surface area contributed by atoms with Gasteiger partial charge in [0.25, 0.3) is 0 Å². The Morgan fingerprint density at radius 3 is 2.40 bits per heavy atom. The molecule has 130 valence electrons. The molecule has 1 saturated heterocycles. The zero-order valence-corrected chi connectivity index (χ0v) is 14.5. The molecule has 0 spiro atoms. The molecular formula is C19H22N4O2. The number of pyridine rings is 1. The molecule has 2 aromatic rings. The molecule has 0 atom stereocenters. The van der Waals surface area contributed by atoms with Crippen LogP contribution in [0.2, 0.25) is 0 Å². The number of piperazine rings is 1. The molecule has 6 nitrogen and oxygen atoms in total. The van der Waals surface area contributed by atoms with E-state index in [1.54, 1.807) is 17.2 Å². The van der Waals surface area contributed by atoms with Crippen molar-refractivity contribution >= 4 is 23.3 Å². The van der Waals surface area contributed by atoms with Gasteiger partial charge in [0, 0.05) is 38.1 Å². The van der Waals surface area contributed by atoms with Crippen molar-refractivity contribution in [2.24, 2.45) is 0 Å². The zero-order valence-electron chi connectivity index (χ0n) is 14.5. The lowest BCUT2D eigenvalue weighted by Crippen LogP contribution is -2.51. The average Bonchev–Trinajstić information content (AvgIpc) is 2.61. The lowest BCUT2D eigenvalue weighted by Gasteiger charge is -2.35. The highest BCUT2D eigenvalue weighted by Crippen LogP contribution is 2.18. The van der Waals surface area contributed by atoms with Crippen LogP contribution < -0.4 is 10.2 Å². The Balaban J connectivity index is 1.57. The van der Waals surface area contributed by atoms with Crippen LogP contribution in [0.1, 0.15) is 11.1 Å². The largest absolute Gasteiger partial charge is 0.368 e. The maximum Gasteiger partial charge on any atom is 0.315 e. The van der Waals surface area contributed by atoms with Crippen LogP contribution in [0.4, 0.5) is 11.5 Å². The molecule has 0 unspecified atom stereocenters. The van der Waals surface area contributed by atoms with Crippen LogP contribution in [0, 0.1) is 13.8 Å². The number of nitrogens with one attached hydrogen (secondary N) is 1. The van der Waals surface area contributed by atoms with Crippen LogP contribution in [0.25, 0.3) is 0 Å². The highest BCUT2D eigenvalue weighted by Gasteiger charge is 2.26. The van der Waals surface area contributed by atoms with E-state index < -0.39 is 11.8 Å². The molecule has 25 heavy (non-hydrogen) atoms. The Morgan fingerprint density at radius 2 is 1.72 bits per heavy atom. The summed E-state index contributed by atoms with van der Waals surface area (Å²) in [7, 11) is 0. The van der Waals surface area contributed by atoms with E-state index in [-0.39, 0.29) is 0 Å². The summed E-state index contributed by atoms with van der Waals surface area (Å²) in [5.41, 5.74) is 3.34. The van der Waals surface area contributed by atoms with Crippen molar-refractivity contribution in [1.82, 2.24) is 9.88 Å². The van der Waals surface area contributed by atoms with E-state index in [1.807, 2.05) is 19.1 Å². The number of amides is 2. The zero-order chi connectivity index (χ0) is 17.8. The van der Waals surface area contributed by atoms with Crippen molar-refractivity contribution in [2.75, 3.05) is 36.4 Å². The third kappa shape index (κ3) is 4.15. The second kappa shape index (κ2) is 7.34. The Bertz CT molecular complexity index is 782. The summed E-state index contributed by atoms with van der Waals surface area (Å²) in [6.07, 6.45) is 1.61. The van der Waals surface area contributed by atoms with Crippen LogP contribution >= 0.6 is 0 Å². The van der Waals surface area contributed by atoms with Crippen LogP contribution in [0.5, 0.6) is 0 Å². The second-order valence-electron chi connectivity index (χ2n) is 6.29. The van der Waals surface area contributed by atoms with E-state index in [4.69, 9.17) is 0 Å². The van der Waals surface area contributed by atoms with Gasteiger partial charge in [0.05, 0.1) is 0 Å². The van der Waals surface area contributed by atoms with Crippen LogP contribution in [0.3, 0.4) is 0 Å². The Labute approximate surface area is 147 Å². The summed E-state index contributed by atoms with van der Waals surface area (Å²) in [4.78, 5) is 32.4. The highest BCUT2D eigenvalue weighted by atomic mass is 16.2. The first-order chi connectivity index (χ1) is 12.0. The minimum absolute atomic E-state index is 0.400. The maximum absolute atomic E-state index is 12.4. The Hall–Kier alpha value is -2.89. The summed E-state index contributed by atoms with van der Waals surface area (Å²) < 4.78 is 0. The Morgan fingerprint density at radius 1 is 1.00 bits per heavy atom. The molecule has 1 fully saturated rings. The average molecular weight is 338 g/mol. The summed E-state index contributed by atoms with van der Waals surface area (Å²) in [6, 6.07) is 11.9. The van der Waals surface area contributed by atoms with Crippen molar-refractivity contribution < 1.29 is 9.59 Å². The van der Waals surface area contributed by atoms with Gasteiger partial charge in [-0.15, -0.1) is 0 Å². The van der Waals surface area contributed by atoms with Crippen molar-refractivity contribution in [1.29, 1.82) is 0 Å². The topological polar surface area (TPSA) is 65.5 Å². The number of benzene rings is 1. The van der Waals surface area contributed by atoms with Crippen LogP contribution in [0.15, 0.2) is 42.6 Å². The van der Waals surface area contributed by atoms with E-state index in [1.165, 1.54) is 5.56 Å². The van der Waals surface area contributed by atoms with Gasteiger partial charge in [0.15, 0.2) is 0 Å². The fourth-order valence-electron chi connectivity index (χ4n) is 2.91. The number of carbonyl (C=O) groups excluding carboxylic acids is 2. The summed E-state index contributed by atoms with van der Waals surface area (Å²) in [6.45, 7) is 6.45. The number of rotatable bonds is 2. The lowest BCUT2D eigenvalue weighted by molar-refractivity contribution is -0.143. The summed E-state index contributed by atoms with van der Waals surface area (Å²) in [5.74, 6) is -0.744. The second-order valence-corrected chi connectivity index (χ2v) is 6.29. The number of nitrogens with zero attached hydrogens (tertiary/aromatic N) is 3. The lowest BCUT2D eigenvalue weighted by atomic mass is 10.2. The van der Waals surface area contributed by atoms with E-state index in [0.29, 0.717) is 32.0 Å². The third-order valence-electron chi connectivity index (χ3n) is 4.28. The fraction of sp³-hybridized carbons (Fsp3) is 0.316. The first-order valence-corrected chi connectivity index (χ1v) is 8.37. The van der Waals surface area contributed by atoms with Crippen molar-refractivity contribution in [2.45, 2.75) is 13.8 Å². The van der Waals surface area contributed by atoms with Crippen molar-refractivity contribution in [3.8, 4) is 0 Å². The summed E-state index contributed by atoms with van der Waals surface area (Å²) in [5, 5.41) is 2.58. The van der Waals surface area contributed by atoms with Gasteiger partial charge >= 0.3 is 11.8 Å². The predicted octanol–water partition coefficient (Wildman–Crippen LogP) is 1.99. The van der Waals surface area contributed by atoms with Gasteiger partial charge in [-0.1, -0.05) is 12.1 Å². The normalized spacial score (nSPS) is 14.3. The van der Waals surface area contributed by atoms with Gasteiger partial charge in [0.1, 0.15) is 5.82 Å². The van der Waals surface area contributed by atoms with Crippen LogP contribution in [-0.4, -0.2) is 47.9 Å². The van der Waals surface area contributed by atoms with Gasteiger partial charge in [0.2, 0.25) is 0 Å². The Kier molecular flexibility index (Phi) is 4.97. The molecule has 0 bridgehead atoms. The molecule has 1 aromatic carbocycles. The standard InChI is InChI=1S/C19H22N4O2/c1-14-4-3-5-16(12-14)22-8-10-23(11-9-22)19(25)18(24)21-17-13-15(2)6-7-20-17/h3-7,12-13H,8-11H2,1-2H3,(H,20,21,24). The number of aryl methyl sites for hydroxylation is 2. The number of carbonyl (C=O) groups is 2. The smallest absolute Gasteiger partial charge is 0.315 e. The molecule has 1 N–H and O–H groups in total. The number of aromatic nitrogens is 1. The van der Waals surface area contributed by atoms with Crippen LogP contribution in [-0.2, 0) is 9.59 Å². The minimum Gasteiger partial charge on any atom is -0.368 e. The quantitative estimate of drug-likeness (QED) is 0.851. The fourth-order valence-corrected chi connectivity index (χ4v) is 2.91. The molecule has 3 rings (SSSR count). The minimum atomic E-state index is -0.637. The molecule has 0 radical (unpaired) electrons. The molecule has 6 heteroatoms. The molecule has 1 aromatic heterocycles. The van der Waals surface area contributed by atoms with E-state index in [2.05, 4.69) is 40.3 Å². The van der Waals surface area contributed by atoms with Crippen molar-refractivity contribution in [3.05, 3.63) is 53.7 Å². The monoisotopic (exact) mass is 338 g/mol. The number of hydrogen-bond acceptors (Lipinski definition) is 4.